The van der Waals surface area contributed by atoms with E-state index >= 15 is 0 Å². The van der Waals surface area contributed by atoms with Crippen LogP contribution in [0.2, 0.25) is 0 Å². The minimum Gasteiger partial charge on any atom is -0.493 e. The van der Waals surface area contributed by atoms with Crippen LogP contribution >= 0.6 is 0 Å². The van der Waals surface area contributed by atoms with Crippen molar-refractivity contribution in [3.63, 3.8) is 0 Å². The predicted molar refractivity (Wildman–Crippen MR) is 115 cm³/mol. The first-order valence-electron chi connectivity index (χ1n) is 10.3. The fourth-order valence-corrected chi connectivity index (χ4v) is 7.18. The molecule has 31 heavy (non-hydrogen) atoms. The zero-order chi connectivity index (χ0) is 22.1. The number of benzene rings is 2. The molecule has 0 N–H and O–H groups in total. The molecule has 2 aromatic carbocycles. The van der Waals surface area contributed by atoms with Crippen molar-refractivity contribution in [2.24, 2.45) is 0 Å². The molecule has 8 nitrogen and oxygen atoms in total. The van der Waals surface area contributed by atoms with Gasteiger partial charge >= 0.3 is 0 Å². The van der Waals surface area contributed by atoms with E-state index in [4.69, 9.17) is 9.47 Å². The van der Waals surface area contributed by atoms with Gasteiger partial charge in [-0.1, -0.05) is 12.1 Å². The number of para-hydroxylation sites is 2. The third-order valence-electron chi connectivity index (χ3n) is 5.59. The summed E-state index contributed by atoms with van der Waals surface area (Å²) in [5.74, 6) is 0.857. The molecule has 2 fully saturated rings. The average molecular weight is 467 g/mol. The monoisotopic (exact) mass is 466 g/mol. The van der Waals surface area contributed by atoms with Gasteiger partial charge in [-0.2, -0.15) is 8.61 Å². The molecule has 0 amide bonds. The van der Waals surface area contributed by atoms with E-state index in [-0.39, 0.29) is 15.5 Å². The normalized spacial score (nSPS) is 18.4. The van der Waals surface area contributed by atoms with E-state index in [1.54, 1.807) is 24.3 Å². The second-order valence-electron chi connectivity index (χ2n) is 7.58. The van der Waals surface area contributed by atoms with Gasteiger partial charge in [0.2, 0.25) is 20.0 Å². The number of hydrogen-bond acceptors (Lipinski definition) is 6. The summed E-state index contributed by atoms with van der Waals surface area (Å²) in [6, 6.07) is 10.9. The number of ether oxygens (including phenoxy) is 2. The minimum atomic E-state index is -3.93. The van der Waals surface area contributed by atoms with Gasteiger partial charge in [-0.05, 0) is 56.0 Å². The maximum Gasteiger partial charge on any atom is 0.246 e. The van der Waals surface area contributed by atoms with E-state index in [0.29, 0.717) is 37.7 Å². The molecule has 0 aliphatic carbocycles. The molecule has 0 saturated carbocycles. The topological polar surface area (TPSA) is 93.2 Å². The van der Waals surface area contributed by atoms with Crippen molar-refractivity contribution >= 4 is 20.0 Å². The Morgan fingerprint density at radius 1 is 0.710 bits per heavy atom. The summed E-state index contributed by atoms with van der Waals surface area (Å²) < 4.78 is 66.9. The van der Waals surface area contributed by atoms with Crippen molar-refractivity contribution in [1.82, 2.24) is 8.61 Å². The Kier molecular flexibility index (Phi) is 6.25. The first-order chi connectivity index (χ1) is 14.8. The summed E-state index contributed by atoms with van der Waals surface area (Å²) >= 11 is 0. The van der Waals surface area contributed by atoms with Gasteiger partial charge in [0, 0.05) is 26.2 Å². The highest BCUT2D eigenvalue weighted by molar-refractivity contribution is 7.90. The third kappa shape index (κ3) is 4.30. The molecule has 2 aliphatic rings. The van der Waals surface area contributed by atoms with Crippen LogP contribution in [0.4, 0.5) is 0 Å². The van der Waals surface area contributed by atoms with Gasteiger partial charge in [-0.15, -0.1) is 0 Å². The van der Waals surface area contributed by atoms with Crippen molar-refractivity contribution in [2.75, 3.05) is 33.3 Å². The van der Waals surface area contributed by atoms with Crippen LogP contribution in [0.15, 0.2) is 52.3 Å². The molecule has 0 unspecified atom stereocenters. The fraction of sp³-hybridized carbons (Fsp3) is 0.429. The Balaban J connectivity index is 1.81. The molecule has 168 valence electrons. The molecule has 2 aromatic rings. The second kappa shape index (κ2) is 8.78. The smallest absolute Gasteiger partial charge is 0.246 e. The van der Waals surface area contributed by atoms with E-state index in [2.05, 4.69) is 0 Å². The number of rotatable bonds is 7. The molecular weight excluding hydrogens is 440 g/mol. The molecule has 2 aliphatic heterocycles. The summed E-state index contributed by atoms with van der Waals surface area (Å²) in [6.07, 6.45) is 3.14. The lowest BCUT2D eigenvalue weighted by Gasteiger charge is -2.21. The van der Waals surface area contributed by atoms with Crippen LogP contribution < -0.4 is 9.47 Å². The van der Waals surface area contributed by atoms with Crippen LogP contribution in [0.5, 0.6) is 17.2 Å². The van der Waals surface area contributed by atoms with E-state index in [0.717, 1.165) is 25.7 Å². The summed E-state index contributed by atoms with van der Waals surface area (Å²) in [6.45, 7) is 1.69. The second-order valence-corrected chi connectivity index (χ2v) is 11.4. The van der Waals surface area contributed by atoms with Crippen LogP contribution in [0.1, 0.15) is 25.7 Å². The Bertz CT molecular complexity index is 1150. The molecule has 0 bridgehead atoms. The first kappa shape index (κ1) is 22.1. The van der Waals surface area contributed by atoms with E-state index < -0.39 is 20.0 Å². The largest absolute Gasteiger partial charge is 0.493 e. The molecule has 0 spiro atoms. The molecule has 2 heterocycles. The lowest BCUT2D eigenvalue weighted by atomic mass is 10.3. The van der Waals surface area contributed by atoms with E-state index in [1.165, 1.54) is 33.9 Å². The minimum absolute atomic E-state index is 0.0421. The molecular formula is C21H26N2O6S2. The molecule has 4 rings (SSSR count). The van der Waals surface area contributed by atoms with Gasteiger partial charge in [0.15, 0.2) is 11.5 Å². The third-order valence-corrected chi connectivity index (χ3v) is 9.40. The van der Waals surface area contributed by atoms with Gasteiger partial charge in [0.05, 0.1) is 12.0 Å². The van der Waals surface area contributed by atoms with Gasteiger partial charge in [0.25, 0.3) is 0 Å². The lowest BCUT2D eigenvalue weighted by molar-refractivity contribution is 0.374. The first-order valence-corrected chi connectivity index (χ1v) is 13.2. The quantitative estimate of drug-likeness (QED) is 0.623. The zero-order valence-corrected chi connectivity index (χ0v) is 19.0. The fourth-order valence-electron chi connectivity index (χ4n) is 3.90. The number of methoxy groups -OCH3 is 1. The summed E-state index contributed by atoms with van der Waals surface area (Å²) in [5, 5.41) is 0. The summed E-state index contributed by atoms with van der Waals surface area (Å²) in [5.41, 5.74) is 0. The van der Waals surface area contributed by atoms with Crippen LogP contribution in [-0.2, 0) is 20.0 Å². The number of nitrogens with zero attached hydrogens (tertiary/aromatic N) is 2. The highest BCUT2D eigenvalue weighted by Gasteiger charge is 2.34. The number of sulfonamides is 2. The molecule has 2 saturated heterocycles. The van der Waals surface area contributed by atoms with Gasteiger partial charge in [0.1, 0.15) is 10.6 Å². The van der Waals surface area contributed by atoms with Crippen LogP contribution in [0.25, 0.3) is 0 Å². The Morgan fingerprint density at radius 3 is 1.84 bits per heavy atom. The molecule has 0 aromatic heterocycles. The summed E-state index contributed by atoms with van der Waals surface area (Å²) in [7, 11) is -6.21. The lowest BCUT2D eigenvalue weighted by Crippen LogP contribution is -2.30. The van der Waals surface area contributed by atoms with Crippen LogP contribution in [-0.4, -0.2) is 58.7 Å². The SMILES string of the molecule is COc1ccccc1Oc1ccc(S(=O)(=O)N2CCCC2)cc1S(=O)(=O)N1CCCC1. The molecule has 0 radical (unpaired) electrons. The Hall–Kier alpha value is -2.14. The van der Waals surface area contributed by atoms with E-state index in [9.17, 15) is 16.8 Å². The van der Waals surface area contributed by atoms with Gasteiger partial charge in [-0.3, -0.25) is 0 Å². The highest BCUT2D eigenvalue weighted by Crippen LogP contribution is 2.38. The Morgan fingerprint density at radius 2 is 1.26 bits per heavy atom. The summed E-state index contributed by atoms with van der Waals surface area (Å²) in [4.78, 5) is -0.194. The average Bonchev–Trinajstić information content (AvgIpc) is 3.49. The van der Waals surface area contributed by atoms with Crippen molar-refractivity contribution in [2.45, 2.75) is 35.5 Å². The molecule has 10 heteroatoms. The van der Waals surface area contributed by atoms with Crippen molar-refractivity contribution in [3.05, 3.63) is 42.5 Å². The van der Waals surface area contributed by atoms with E-state index in [1.807, 2.05) is 0 Å². The standard InChI is InChI=1S/C21H26N2O6S2/c1-28-18-8-2-3-9-19(18)29-20-11-10-17(30(24,25)22-12-4-5-13-22)16-21(20)31(26,27)23-14-6-7-15-23/h2-3,8-11,16H,4-7,12-15H2,1H3. The Labute approximate surface area is 183 Å². The predicted octanol–water partition coefficient (Wildman–Crippen LogP) is 3.06. The number of hydrogen-bond donors (Lipinski definition) is 0. The van der Waals surface area contributed by atoms with Crippen molar-refractivity contribution in [1.29, 1.82) is 0 Å². The van der Waals surface area contributed by atoms with Crippen molar-refractivity contribution < 1.29 is 26.3 Å². The molecule has 0 atom stereocenters. The van der Waals surface area contributed by atoms with Gasteiger partial charge < -0.3 is 9.47 Å². The zero-order valence-electron chi connectivity index (χ0n) is 17.4. The maximum atomic E-state index is 13.4. The van der Waals surface area contributed by atoms with Crippen LogP contribution in [0.3, 0.4) is 0 Å². The highest BCUT2D eigenvalue weighted by atomic mass is 32.2. The van der Waals surface area contributed by atoms with Gasteiger partial charge in [-0.25, -0.2) is 16.8 Å². The van der Waals surface area contributed by atoms with Crippen molar-refractivity contribution in [3.8, 4) is 17.2 Å². The maximum absolute atomic E-state index is 13.4. The van der Waals surface area contributed by atoms with Crippen LogP contribution in [0, 0.1) is 0 Å².